The highest BCUT2D eigenvalue weighted by Gasteiger charge is 2.24. The van der Waals surface area contributed by atoms with Gasteiger partial charge in [0.15, 0.2) is 5.13 Å². The number of carboxylic acid groups (broad SMARTS) is 1. The van der Waals surface area contributed by atoms with Crippen molar-refractivity contribution in [3.8, 4) is 0 Å². The van der Waals surface area contributed by atoms with Gasteiger partial charge in [-0.1, -0.05) is 17.4 Å². The minimum absolute atomic E-state index is 0.0953. The van der Waals surface area contributed by atoms with Crippen molar-refractivity contribution in [1.29, 1.82) is 0 Å². The monoisotopic (exact) mass is 395 g/mol. The maximum absolute atomic E-state index is 12.1. The molecule has 2 aromatic rings. The standard InChI is InChI=1S/C15H14BrN3O3S/c1-7-2-3-8(13(20)17-9-4-5-9)6-10(7)18-15-19-12(16)11(23-15)14(21)22/h2-3,6,9H,4-5H2,1H3,(H,17,20)(H,18,19)(H,21,22). The third-order valence-electron chi connectivity index (χ3n) is 3.43. The number of amides is 1. The first-order valence-corrected chi connectivity index (χ1v) is 8.63. The van der Waals surface area contributed by atoms with E-state index < -0.39 is 5.97 Å². The molecule has 0 saturated heterocycles. The van der Waals surface area contributed by atoms with Gasteiger partial charge in [-0.15, -0.1) is 0 Å². The predicted octanol–water partition coefficient (Wildman–Crippen LogP) is 3.55. The van der Waals surface area contributed by atoms with Crippen LogP contribution in [0, 0.1) is 6.92 Å². The van der Waals surface area contributed by atoms with Gasteiger partial charge in [-0.25, -0.2) is 9.78 Å². The van der Waals surface area contributed by atoms with Gasteiger partial charge in [-0.05, 0) is 53.4 Å². The van der Waals surface area contributed by atoms with Gasteiger partial charge in [0.2, 0.25) is 0 Å². The summed E-state index contributed by atoms with van der Waals surface area (Å²) in [6.45, 7) is 1.91. The van der Waals surface area contributed by atoms with Gasteiger partial charge in [-0.2, -0.15) is 0 Å². The number of aromatic nitrogens is 1. The van der Waals surface area contributed by atoms with E-state index in [1.54, 1.807) is 12.1 Å². The van der Waals surface area contributed by atoms with E-state index in [0.717, 1.165) is 35.4 Å². The van der Waals surface area contributed by atoms with Crippen LogP contribution in [0.25, 0.3) is 0 Å². The first-order valence-electron chi connectivity index (χ1n) is 7.02. The Morgan fingerprint density at radius 1 is 1.39 bits per heavy atom. The van der Waals surface area contributed by atoms with Gasteiger partial charge in [-0.3, -0.25) is 4.79 Å². The Morgan fingerprint density at radius 2 is 2.13 bits per heavy atom. The summed E-state index contributed by atoms with van der Waals surface area (Å²) in [6, 6.07) is 5.68. The van der Waals surface area contributed by atoms with Crippen molar-refractivity contribution in [2.45, 2.75) is 25.8 Å². The number of thiazole rings is 1. The maximum atomic E-state index is 12.1. The number of aryl methyl sites for hydroxylation is 1. The molecule has 1 aromatic heterocycles. The van der Waals surface area contributed by atoms with Crippen LogP contribution in [0.15, 0.2) is 22.8 Å². The number of hydrogen-bond acceptors (Lipinski definition) is 5. The van der Waals surface area contributed by atoms with Crippen LogP contribution in [0.4, 0.5) is 10.8 Å². The van der Waals surface area contributed by atoms with Gasteiger partial charge in [0.1, 0.15) is 9.48 Å². The minimum atomic E-state index is -1.03. The van der Waals surface area contributed by atoms with Crippen LogP contribution < -0.4 is 10.6 Å². The lowest BCUT2D eigenvalue weighted by molar-refractivity contribution is 0.0700. The predicted molar refractivity (Wildman–Crippen MR) is 91.7 cm³/mol. The zero-order valence-electron chi connectivity index (χ0n) is 12.2. The Hall–Kier alpha value is -1.93. The minimum Gasteiger partial charge on any atom is -0.477 e. The average Bonchev–Trinajstić information content (AvgIpc) is 3.22. The number of nitrogens with zero attached hydrogens (tertiary/aromatic N) is 1. The topological polar surface area (TPSA) is 91.3 Å². The lowest BCUT2D eigenvalue weighted by Gasteiger charge is -2.10. The van der Waals surface area contributed by atoms with E-state index in [1.165, 1.54) is 0 Å². The van der Waals surface area contributed by atoms with E-state index in [-0.39, 0.29) is 15.4 Å². The second kappa shape index (κ2) is 6.29. The molecule has 120 valence electrons. The summed E-state index contributed by atoms with van der Waals surface area (Å²) in [7, 11) is 0. The Kier molecular flexibility index (Phi) is 4.36. The van der Waals surface area contributed by atoms with Gasteiger partial charge in [0, 0.05) is 17.3 Å². The molecule has 1 aliphatic carbocycles. The molecule has 3 N–H and O–H groups in total. The normalized spacial score (nSPS) is 13.7. The first kappa shape index (κ1) is 15.9. The number of nitrogens with one attached hydrogen (secondary N) is 2. The summed E-state index contributed by atoms with van der Waals surface area (Å²) in [6.07, 6.45) is 2.07. The van der Waals surface area contributed by atoms with E-state index in [9.17, 15) is 9.59 Å². The van der Waals surface area contributed by atoms with Gasteiger partial charge in [0.25, 0.3) is 5.91 Å². The molecular formula is C15H14BrN3O3S. The molecule has 0 aliphatic heterocycles. The summed E-state index contributed by atoms with van der Waals surface area (Å²) in [4.78, 5) is 27.5. The number of hydrogen-bond donors (Lipinski definition) is 3. The van der Waals surface area contributed by atoms with Crippen LogP contribution in [-0.2, 0) is 0 Å². The van der Waals surface area contributed by atoms with E-state index in [0.29, 0.717) is 16.7 Å². The number of carbonyl (C=O) groups excluding carboxylic acids is 1. The number of benzene rings is 1. The molecule has 0 unspecified atom stereocenters. The molecule has 6 nitrogen and oxygen atoms in total. The number of rotatable bonds is 5. The van der Waals surface area contributed by atoms with Crippen molar-refractivity contribution in [2.24, 2.45) is 0 Å². The quantitative estimate of drug-likeness (QED) is 0.719. The number of anilines is 2. The van der Waals surface area contributed by atoms with Gasteiger partial charge < -0.3 is 15.7 Å². The molecule has 1 aromatic carbocycles. The molecule has 3 rings (SSSR count). The molecule has 1 fully saturated rings. The van der Waals surface area contributed by atoms with Crippen molar-refractivity contribution >= 4 is 50.0 Å². The Labute approximate surface area is 145 Å². The van der Waals surface area contributed by atoms with Crippen LogP contribution >= 0.6 is 27.3 Å². The molecule has 0 bridgehead atoms. The van der Waals surface area contributed by atoms with Crippen LogP contribution in [0.2, 0.25) is 0 Å². The van der Waals surface area contributed by atoms with E-state index >= 15 is 0 Å². The maximum Gasteiger partial charge on any atom is 0.348 e. The number of halogens is 1. The van der Waals surface area contributed by atoms with E-state index in [1.807, 2.05) is 13.0 Å². The van der Waals surface area contributed by atoms with Crippen molar-refractivity contribution in [3.05, 3.63) is 38.8 Å². The Balaban J connectivity index is 1.82. The number of carboxylic acids is 1. The zero-order chi connectivity index (χ0) is 16.6. The van der Waals surface area contributed by atoms with Gasteiger partial charge in [0.05, 0.1) is 0 Å². The van der Waals surface area contributed by atoms with Crippen LogP contribution in [0.3, 0.4) is 0 Å². The fourth-order valence-corrected chi connectivity index (χ4v) is 3.41. The Morgan fingerprint density at radius 3 is 2.74 bits per heavy atom. The molecule has 23 heavy (non-hydrogen) atoms. The third kappa shape index (κ3) is 3.70. The number of carbonyl (C=O) groups is 2. The molecule has 1 amide bonds. The van der Waals surface area contributed by atoms with Crippen molar-refractivity contribution in [1.82, 2.24) is 10.3 Å². The highest BCUT2D eigenvalue weighted by molar-refractivity contribution is 9.10. The average molecular weight is 396 g/mol. The third-order valence-corrected chi connectivity index (χ3v) is 5.23. The summed E-state index contributed by atoms with van der Waals surface area (Å²) in [5.41, 5.74) is 2.24. The summed E-state index contributed by atoms with van der Waals surface area (Å²) >= 11 is 4.17. The van der Waals surface area contributed by atoms with E-state index in [4.69, 9.17) is 5.11 Å². The lowest BCUT2D eigenvalue weighted by atomic mass is 10.1. The fourth-order valence-electron chi connectivity index (χ4n) is 2.00. The SMILES string of the molecule is Cc1ccc(C(=O)NC2CC2)cc1Nc1nc(Br)c(C(=O)O)s1. The molecule has 0 atom stereocenters. The molecule has 1 heterocycles. The van der Waals surface area contributed by atoms with Crippen molar-refractivity contribution in [3.63, 3.8) is 0 Å². The smallest absolute Gasteiger partial charge is 0.348 e. The zero-order valence-corrected chi connectivity index (χ0v) is 14.6. The highest BCUT2D eigenvalue weighted by Crippen LogP contribution is 2.31. The largest absolute Gasteiger partial charge is 0.477 e. The van der Waals surface area contributed by atoms with Crippen LogP contribution in [0.5, 0.6) is 0 Å². The van der Waals surface area contributed by atoms with Gasteiger partial charge >= 0.3 is 5.97 Å². The summed E-state index contributed by atoms with van der Waals surface area (Å²) in [5, 5.41) is 15.6. The van der Waals surface area contributed by atoms with Crippen molar-refractivity contribution < 1.29 is 14.7 Å². The molecule has 0 spiro atoms. The van der Waals surface area contributed by atoms with Crippen LogP contribution in [-0.4, -0.2) is 28.0 Å². The Bertz CT molecular complexity index is 786. The van der Waals surface area contributed by atoms with E-state index in [2.05, 4.69) is 31.5 Å². The second-order valence-corrected chi connectivity index (χ2v) is 7.10. The lowest BCUT2D eigenvalue weighted by Crippen LogP contribution is -2.25. The molecule has 1 saturated carbocycles. The number of aromatic carboxylic acids is 1. The van der Waals surface area contributed by atoms with Crippen LogP contribution in [0.1, 0.15) is 38.4 Å². The molecule has 8 heteroatoms. The summed E-state index contributed by atoms with van der Waals surface area (Å²) in [5.74, 6) is -1.13. The molecule has 0 radical (unpaired) electrons. The molecular weight excluding hydrogens is 382 g/mol. The first-order chi connectivity index (χ1) is 10.9. The van der Waals surface area contributed by atoms with Crippen molar-refractivity contribution in [2.75, 3.05) is 5.32 Å². The highest BCUT2D eigenvalue weighted by atomic mass is 79.9. The second-order valence-electron chi connectivity index (χ2n) is 5.35. The fraction of sp³-hybridized carbons (Fsp3) is 0.267. The summed E-state index contributed by atoms with van der Waals surface area (Å²) < 4.78 is 0.290. The molecule has 1 aliphatic rings.